The summed E-state index contributed by atoms with van der Waals surface area (Å²) in [5.41, 5.74) is 0.482. The first-order chi connectivity index (χ1) is 16.5. The van der Waals surface area contributed by atoms with Crippen molar-refractivity contribution in [3.63, 3.8) is 0 Å². The van der Waals surface area contributed by atoms with Crippen LogP contribution in [0.1, 0.15) is 25.0 Å². The number of rotatable bonds is 6. The molecule has 1 fully saturated rings. The number of carbonyl (C=O) groups excluding carboxylic acids is 3. The third-order valence-corrected chi connectivity index (χ3v) is 5.75. The largest absolute Gasteiger partial charge is 0.465 e. The molecule has 0 aliphatic carbocycles. The molecule has 1 aromatic carbocycles. The molecule has 0 spiro atoms. The molecule has 0 saturated carbocycles. The first-order valence-electron chi connectivity index (χ1n) is 11.0. The van der Waals surface area contributed by atoms with Crippen LogP contribution in [-0.4, -0.2) is 80.5 Å². The van der Waals surface area contributed by atoms with Crippen LogP contribution in [0.4, 0.5) is 15.4 Å². The van der Waals surface area contributed by atoms with Crippen molar-refractivity contribution in [3.05, 3.63) is 52.1 Å². The number of amides is 4. The number of aryl methyl sites for hydroxylation is 1. The number of piperazine rings is 1. The van der Waals surface area contributed by atoms with E-state index < -0.39 is 23.4 Å². The summed E-state index contributed by atoms with van der Waals surface area (Å²) in [5.74, 6) is -0.282. The van der Waals surface area contributed by atoms with Gasteiger partial charge >= 0.3 is 17.8 Å². The Bertz CT molecular complexity index is 1200. The molecular weight excluding hydrogens is 456 g/mol. The predicted molar refractivity (Wildman–Crippen MR) is 127 cm³/mol. The fourth-order valence-corrected chi connectivity index (χ4v) is 3.84. The zero-order valence-electron chi connectivity index (χ0n) is 19.8. The highest BCUT2D eigenvalue weighted by Gasteiger charge is 2.35. The van der Waals surface area contributed by atoms with Gasteiger partial charge in [-0.1, -0.05) is 6.07 Å². The zero-order chi connectivity index (χ0) is 25.8. The van der Waals surface area contributed by atoms with Gasteiger partial charge in [-0.05, 0) is 50.1 Å². The van der Waals surface area contributed by atoms with E-state index in [1.807, 2.05) is 6.92 Å². The predicted octanol–water partition coefficient (Wildman–Crippen LogP) is 1.00. The van der Waals surface area contributed by atoms with Gasteiger partial charge in [0.2, 0.25) is 5.91 Å². The van der Waals surface area contributed by atoms with Crippen molar-refractivity contribution in [2.24, 2.45) is 0 Å². The number of hydrogen-bond acceptors (Lipinski definition) is 6. The molecule has 1 saturated heterocycles. The van der Waals surface area contributed by atoms with E-state index in [-0.39, 0.29) is 37.9 Å². The maximum atomic E-state index is 12.6. The monoisotopic (exact) mass is 484 g/mol. The molecule has 0 unspecified atom stereocenters. The lowest BCUT2D eigenvalue weighted by Gasteiger charge is -2.38. The van der Waals surface area contributed by atoms with Crippen molar-refractivity contribution in [1.29, 1.82) is 0 Å². The first-order valence-corrected chi connectivity index (χ1v) is 11.0. The average Bonchev–Trinajstić information content (AvgIpc) is 2.79. The maximum absolute atomic E-state index is 12.6. The van der Waals surface area contributed by atoms with E-state index in [9.17, 15) is 24.0 Å². The third-order valence-electron chi connectivity index (χ3n) is 5.75. The number of carbonyl (C=O) groups is 4. The van der Waals surface area contributed by atoms with E-state index in [4.69, 9.17) is 5.11 Å². The second-order valence-corrected chi connectivity index (χ2v) is 8.71. The Morgan fingerprint density at radius 1 is 1.11 bits per heavy atom. The number of carboxylic acid groups (broad SMARTS) is 1. The van der Waals surface area contributed by atoms with Gasteiger partial charge in [-0.25, -0.2) is 14.4 Å². The molecule has 186 valence electrons. The topological polar surface area (TPSA) is 154 Å². The van der Waals surface area contributed by atoms with Crippen molar-refractivity contribution in [1.82, 2.24) is 24.7 Å². The lowest BCUT2D eigenvalue weighted by molar-refractivity contribution is -0.138. The summed E-state index contributed by atoms with van der Waals surface area (Å²) in [7, 11) is 0. The number of urea groups is 1. The molecule has 0 atom stereocenters. The van der Waals surface area contributed by atoms with Gasteiger partial charge in [0.15, 0.2) is 0 Å². The molecular formula is C23H28N6O6. The summed E-state index contributed by atoms with van der Waals surface area (Å²) in [5, 5.41) is 13.7. The van der Waals surface area contributed by atoms with Gasteiger partial charge in [0, 0.05) is 38.8 Å². The fourth-order valence-electron chi connectivity index (χ4n) is 3.84. The first kappa shape index (κ1) is 25.4. The highest BCUT2D eigenvalue weighted by molar-refractivity contribution is 5.90. The van der Waals surface area contributed by atoms with Crippen LogP contribution < -0.4 is 16.3 Å². The SMILES string of the molecule is Cc1cc(-n2ccc(NC(=O)N3CCN(C(=O)C(C)(C)NC(=O)O)CC3)nc2=O)ccc1CC=O. The number of hydrogen-bond donors (Lipinski definition) is 3. The molecule has 2 heterocycles. The molecule has 0 radical (unpaired) electrons. The maximum Gasteiger partial charge on any atom is 0.405 e. The number of aromatic nitrogens is 2. The van der Waals surface area contributed by atoms with E-state index in [1.165, 1.54) is 40.5 Å². The summed E-state index contributed by atoms with van der Waals surface area (Å²) in [6.07, 6.45) is 1.33. The van der Waals surface area contributed by atoms with E-state index in [2.05, 4.69) is 15.6 Å². The second kappa shape index (κ2) is 10.4. The van der Waals surface area contributed by atoms with E-state index in [0.29, 0.717) is 12.1 Å². The number of nitrogens with one attached hydrogen (secondary N) is 2. The Morgan fingerprint density at radius 2 is 1.77 bits per heavy atom. The minimum atomic E-state index is -1.29. The lowest BCUT2D eigenvalue weighted by atomic mass is 10.0. The van der Waals surface area contributed by atoms with Gasteiger partial charge in [-0.15, -0.1) is 0 Å². The van der Waals surface area contributed by atoms with Gasteiger partial charge in [0.1, 0.15) is 17.6 Å². The Balaban J connectivity index is 1.61. The molecule has 1 aliphatic rings. The molecule has 4 amide bonds. The smallest absolute Gasteiger partial charge is 0.405 e. The molecule has 2 aromatic rings. The minimum Gasteiger partial charge on any atom is -0.465 e. The molecule has 12 nitrogen and oxygen atoms in total. The van der Waals surface area contributed by atoms with Crippen LogP contribution in [-0.2, 0) is 16.0 Å². The van der Waals surface area contributed by atoms with E-state index in [1.54, 1.807) is 18.2 Å². The summed E-state index contributed by atoms with van der Waals surface area (Å²) < 4.78 is 1.34. The normalized spacial score (nSPS) is 13.8. The van der Waals surface area contributed by atoms with Crippen LogP contribution in [0.5, 0.6) is 0 Å². The van der Waals surface area contributed by atoms with Crippen molar-refractivity contribution in [2.75, 3.05) is 31.5 Å². The molecule has 35 heavy (non-hydrogen) atoms. The molecule has 12 heteroatoms. The minimum absolute atomic E-state index is 0.0934. The molecule has 3 N–H and O–H groups in total. The highest BCUT2D eigenvalue weighted by Crippen LogP contribution is 2.15. The van der Waals surface area contributed by atoms with Crippen molar-refractivity contribution in [3.8, 4) is 5.69 Å². The van der Waals surface area contributed by atoms with Crippen LogP contribution in [0.15, 0.2) is 35.3 Å². The highest BCUT2D eigenvalue weighted by atomic mass is 16.4. The van der Waals surface area contributed by atoms with Crippen molar-refractivity contribution >= 4 is 30.1 Å². The van der Waals surface area contributed by atoms with Gasteiger partial charge in [0.05, 0.1) is 5.69 Å². The summed E-state index contributed by atoms with van der Waals surface area (Å²) in [6.45, 7) is 5.78. The number of benzene rings is 1. The third kappa shape index (κ3) is 6.02. The van der Waals surface area contributed by atoms with E-state index in [0.717, 1.165) is 17.4 Å². The number of aldehydes is 1. The molecule has 3 rings (SSSR count). The average molecular weight is 485 g/mol. The van der Waals surface area contributed by atoms with Gasteiger partial charge < -0.3 is 25.0 Å². The molecule has 1 aliphatic heterocycles. The summed E-state index contributed by atoms with van der Waals surface area (Å²) in [4.78, 5) is 66.4. The van der Waals surface area contributed by atoms with Crippen molar-refractivity contribution in [2.45, 2.75) is 32.7 Å². The fraction of sp³-hybridized carbons (Fsp3) is 0.391. The van der Waals surface area contributed by atoms with Gasteiger partial charge in [-0.3, -0.25) is 14.7 Å². The molecule has 1 aromatic heterocycles. The van der Waals surface area contributed by atoms with Crippen LogP contribution in [0.25, 0.3) is 5.69 Å². The summed E-state index contributed by atoms with van der Waals surface area (Å²) in [6, 6.07) is 6.34. The number of anilines is 1. The van der Waals surface area contributed by atoms with Crippen LogP contribution in [0.3, 0.4) is 0 Å². The Kier molecular flexibility index (Phi) is 7.52. The Labute approximate surface area is 201 Å². The lowest BCUT2D eigenvalue weighted by Crippen LogP contribution is -2.60. The number of nitrogens with zero attached hydrogens (tertiary/aromatic N) is 4. The zero-order valence-corrected chi connectivity index (χ0v) is 19.8. The second-order valence-electron chi connectivity index (χ2n) is 8.71. The van der Waals surface area contributed by atoms with E-state index >= 15 is 0 Å². The Morgan fingerprint density at radius 3 is 2.34 bits per heavy atom. The van der Waals surface area contributed by atoms with Crippen LogP contribution in [0.2, 0.25) is 0 Å². The van der Waals surface area contributed by atoms with Crippen LogP contribution in [0, 0.1) is 6.92 Å². The van der Waals surface area contributed by atoms with Gasteiger partial charge in [-0.2, -0.15) is 4.98 Å². The quantitative estimate of drug-likeness (QED) is 0.517. The van der Waals surface area contributed by atoms with Crippen LogP contribution >= 0.6 is 0 Å². The summed E-state index contributed by atoms with van der Waals surface area (Å²) >= 11 is 0. The molecule has 0 bridgehead atoms. The van der Waals surface area contributed by atoms with Crippen molar-refractivity contribution < 1.29 is 24.3 Å². The van der Waals surface area contributed by atoms with Gasteiger partial charge in [0.25, 0.3) is 0 Å². The Hall–Kier alpha value is -4.22. The standard InChI is InChI=1S/C23H28N6O6/c1-15-14-17(5-4-16(15)7-13-30)29-8-6-18(25-21(29)33)24-20(32)28-11-9-27(10-12-28)19(31)23(2,3)26-22(34)35/h4-6,8,13-14,26H,7,9-12H2,1-3H3,(H,34,35)(H,24,25,32,33).